The van der Waals surface area contributed by atoms with E-state index in [0.29, 0.717) is 5.68 Å². The molecule has 2 aromatic carbocycles. The summed E-state index contributed by atoms with van der Waals surface area (Å²) in [5.74, 6) is 0.761. The molecule has 0 saturated carbocycles. The first-order chi connectivity index (χ1) is 12.0. The summed E-state index contributed by atoms with van der Waals surface area (Å²) in [6.45, 7) is 4.31. The lowest BCUT2D eigenvalue weighted by Gasteiger charge is -2.13. The Kier molecular flexibility index (Phi) is 3.68. The molecule has 1 aliphatic rings. The molecule has 3 aromatic rings. The summed E-state index contributed by atoms with van der Waals surface area (Å²) in [6.07, 6.45) is 1.48. The standard InChI is InChI=1S/C21H20N2O2/c1-21(2)13-17-18(14-21)25-20(22-15-9-5-3-6-10-15)23(19(17)24)16-11-7-4-8-12-16/h3-12H,13-14H2,1-2H3. The van der Waals surface area contributed by atoms with Crippen LogP contribution in [0.2, 0.25) is 0 Å². The molecule has 0 unspecified atom stereocenters. The number of fused-ring (bicyclic) bond motifs is 1. The summed E-state index contributed by atoms with van der Waals surface area (Å²) in [7, 11) is 0. The molecule has 4 rings (SSSR count). The van der Waals surface area contributed by atoms with E-state index in [0.717, 1.165) is 35.5 Å². The predicted octanol–water partition coefficient (Wildman–Crippen LogP) is 3.79. The Balaban J connectivity index is 2.02. The van der Waals surface area contributed by atoms with Gasteiger partial charge >= 0.3 is 5.68 Å². The van der Waals surface area contributed by atoms with Gasteiger partial charge in [0.1, 0.15) is 5.76 Å². The van der Waals surface area contributed by atoms with Gasteiger partial charge in [-0.05, 0) is 36.1 Å². The molecular weight excluding hydrogens is 312 g/mol. The quantitative estimate of drug-likeness (QED) is 0.717. The number of para-hydroxylation sites is 2. The average molecular weight is 332 g/mol. The van der Waals surface area contributed by atoms with Crippen LogP contribution in [0.15, 0.2) is 74.9 Å². The highest BCUT2D eigenvalue weighted by Crippen LogP contribution is 2.33. The molecule has 25 heavy (non-hydrogen) atoms. The van der Waals surface area contributed by atoms with Crippen LogP contribution < -0.4 is 11.2 Å². The third-order valence-corrected chi connectivity index (χ3v) is 4.49. The van der Waals surface area contributed by atoms with E-state index >= 15 is 0 Å². The van der Waals surface area contributed by atoms with Crippen molar-refractivity contribution in [2.45, 2.75) is 26.7 Å². The second-order valence-electron chi connectivity index (χ2n) is 7.23. The first kappa shape index (κ1) is 15.6. The van der Waals surface area contributed by atoms with Gasteiger partial charge in [0, 0.05) is 6.42 Å². The Hall–Kier alpha value is -2.88. The van der Waals surface area contributed by atoms with Gasteiger partial charge in [-0.15, -0.1) is 0 Å². The van der Waals surface area contributed by atoms with Crippen LogP contribution in [-0.2, 0) is 12.8 Å². The molecule has 1 heterocycles. The number of rotatable bonds is 2. The number of aromatic nitrogens is 1. The first-order valence-corrected chi connectivity index (χ1v) is 8.47. The fraction of sp³-hybridized carbons (Fsp3) is 0.238. The van der Waals surface area contributed by atoms with Crippen LogP contribution in [-0.4, -0.2) is 4.57 Å². The van der Waals surface area contributed by atoms with E-state index in [1.807, 2.05) is 60.7 Å². The highest BCUT2D eigenvalue weighted by Gasteiger charge is 2.33. The van der Waals surface area contributed by atoms with E-state index in [1.54, 1.807) is 4.57 Å². The molecule has 0 amide bonds. The van der Waals surface area contributed by atoms with Crippen molar-refractivity contribution in [3.8, 4) is 5.69 Å². The number of hydrogen-bond acceptors (Lipinski definition) is 3. The van der Waals surface area contributed by atoms with Gasteiger partial charge < -0.3 is 4.42 Å². The van der Waals surface area contributed by atoms with Crippen LogP contribution in [0.5, 0.6) is 0 Å². The van der Waals surface area contributed by atoms with Gasteiger partial charge in [-0.2, -0.15) is 4.99 Å². The predicted molar refractivity (Wildman–Crippen MR) is 97.2 cm³/mol. The van der Waals surface area contributed by atoms with E-state index < -0.39 is 0 Å². The van der Waals surface area contributed by atoms with Crippen molar-refractivity contribution in [2.75, 3.05) is 0 Å². The van der Waals surface area contributed by atoms with Gasteiger partial charge in [0.25, 0.3) is 5.56 Å². The lowest BCUT2D eigenvalue weighted by atomic mass is 9.91. The SMILES string of the molecule is CC1(C)Cc2oc(=Nc3ccccc3)n(-c3ccccc3)c(=O)c2C1. The monoisotopic (exact) mass is 332 g/mol. The molecule has 0 saturated heterocycles. The normalized spacial score (nSPS) is 16.0. The first-order valence-electron chi connectivity index (χ1n) is 8.47. The van der Waals surface area contributed by atoms with Gasteiger partial charge in [-0.25, -0.2) is 4.57 Å². The topological polar surface area (TPSA) is 47.5 Å². The maximum Gasteiger partial charge on any atom is 0.309 e. The van der Waals surface area contributed by atoms with Gasteiger partial charge in [-0.3, -0.25) is 4.79 Å². The molecule has 126 valence electrons. The molecule has 0 fully saturated rings. The second-order valence-corrected chi connectivity index (χ2v) is 7.23. The molecule has 4 heteroatoms. The Morgan fingerprint density at radius 1 is 0.960 bits per heavy atom. The molecule has 0 atom stereocenters. The van der Waals surface area contributed by atoms with Crippen molar-refractivity contribution in [1.82, 2.24) is 4.57 Å². The van der Waals surface area contributed by atoms with Crippen molar-refractivity contribution in [1.29, 1.82) is 0 Å². The van der Waals surface area contributed by atoms with Gasteiger partial charge in [0.2, 0.25) is 0 Å². The van der Waals surface area contributed by atoms with Gasteiger partial charge in [0.15, 0.2) is 0 Å². The van der Waals surface area contributed by atoms with E-state index in [-0.39, 0.29) is 11.0 Å². The lowest BCUT2D eigenvalue weighted by Crippen LogP contribution is -2.34. The maximum atomic E-state index is 13.2. The van der Waals surface area contributed by atoms with E-state index in [9.17, 15) is 4.79 Å². The average Bonchev–Trinajstić information content (AvgIpc) is 2.91. The van der Waals surface area contributed by atoms with E-state index in [4.69, 9.17) is 4.42 Å². The molecule has 0 bridgehead atoms. The number of benzene rings is 2. The fourth-order valence-corrected chi connectivity index (χ4v) is 3.34. The summed E-state index contributed by atoms with van der Waals surface area (Å²) in [5.41, 5.74) is 2.60. The van der Waals surface area contributed by atoms with Crippen molar-refractivity contribution in [3.63, 3.8) is 0 Å². The highest BCUT2D eigenvalue weighted by atomic mass is 16.4. The number of hydrogen-bond donors (Lipinski definition) is 0. The summed E-state index contributed by atoms with van der Waals surface area (Å²) in [4.78, 5) is 17.8. The van der Waals surface area contributed by atoms with Crippen LogP contribution in [0.25, 0.3) is 5.69 Å². The summed E-state index contributed by atoms with van der Waals surface area (Å²) in [5, 5.41) is 0. The van der Waals surface area contributed by atoms with Crippen molar-refractivity contribution >= 4 is 5.69 Å². The second kappa shape index (κ2) is 5.88. The summed E-state index contributed by atoms with van der Waals surface area (Å²) >= 11 is 0. The Labute approximate surface area is 146 Å². The zero-order valence-corrected chi connectivity index (χ0v) is 14.4. The van der Waals surface area contributed by atoms with Gasteiger partial charge in [0.05, 0.1) is 16.9 Å². The molecule has 4 nitrogen and oxygen atoms in total. The zero-order chi connectivity index (χ0) is 17.4. The third-order valence-electron chi connectivity index (χ3n) is 4.49. The molecule has 1 aromatic heterocycles. The Morgan fingerprint density at radius 2 is 1.60 bits per heavy atom. The Bertz CT molecular complexity index is 1030. The number of nitrogens with zero attached hydrogens (tertiary/aromatic N) is 2. The molecule has 0 spiro atoms. The van der Waals surface area contributed by atoms with Gasteiger partial charge in [-0.1, -0.05) is 50.2 Å². The Morgan fingerprint density at radius 3 is 2.28 bits per heavy atom. The zero-order valence-electron chi connectivity index (χ0n) is 14.4. The largest absolute Gasteiger partial charge is 0.429 e. The van der Waals surface area contributed by atoms with Crippen LogP contribution >= 0.6 is 0 Å². The summed E-state index contributed by atoms with van der Waals surface area (Å²) < 4.78 is 7.70. The van der Waals surface area contributed by atoms with Crippen molar-refractivity contribution < 1.29 is 4.42 Å². The van der Waals surface area contributed by atoms with Crippen LogP contribution in [0.1, 0.15) is 25.2 Å². The van der Waals surface area contributed by atoms with Crippen molar-refractivity contribution in [2.24, 2.45) is 10.4 Å². The molecule has 1 aliphatic carbocycles. The minimum Gasteiger partial charge on any atom is -0.429 e. The lowest BCUT2D eigenvalue weighted by molar-refractivity contribution is 0.351. The van der Waals surface area contributed by atoms with Crippen LogP contribution in [0.3, 0.4) is 0 Å². The summed E-state index contributed by atoms with van der Waals surface area (Å²) in [6, 6.07) is 19.1. The van der Waals surface area contributed by atoms with Crippen LogP contribution in [0, 0.1) is 5.41 Å². The van der Waals surface area contributed by atoms with Crippen molar-refractivity contribution in [3.05, 3.63) is 88.0 Å². The third kappa shape index (κ3) is 2.95. The maximum absolute atomic E-state index is 13.2. The van der Waals surface area contributed by atoms with Crippen LogP contribution in [0.4, 0.5) is 5.69 Å². The minimum absolute atomic E-state index is 0.0326. The minimum atomic E-state index is -0.0345. The molecule has 0 radical (unpaired) electrons. The molecule has 0 aliphatic heterocycles. The molecule has 0 N–H and O–H groups in total. The fourth-order valence-electron chi connectivity index (χ4n) is 3.34. The van der Waals surface area contributed by atoms with E-state index in [2.05, 4.69) is 18.8 Å². The van der Waals surface area contributed by atoms with E-state index in [1.165, 1.54) is 0 Å². The molecular formula is C21H20N2O2. The smallest absolute Gasteiger partial charge is 0.309 e. The highest BCUT2D eigenvalue weighted by molar-refractivity contribution is 5.37.